The molecule has 0 aliphatic carbocycles. The van der Waals surface area contributed by atoms with Crippen LogP contribution in [0.25, 0.3) is 0 Å². The van der Waals surface area contributed by atoms with Crippen LogP contribution in [0, 0.1) is 3.57 Å². The van der Waals surface area contributed by atoms with Crippen molar-refractivity contribution in [3.8, 4) is 0 Å². The molecule has 0 unspecified atom stereocenters. The van der Waals surface area contributed by atoms with Crippen LogP contribution in [0.3, 0.4) is 0 Å². The molecule has 0 saturated heterocycles. The van der Waals surface area contributed by atoms with Gasteiger partial charge < -0.3 is 15.2 Å². The zero-order valence-electron chi connectivity index (χ0n) is 13.5. The maximum Gasteiger partial charge on any atom is 0.407 e. The Balaban J connectivity index is 2.83. The van der Waals surface area contributed by atoms with Gasteiger partial charge in [0.1, 0.15) is 12.1 Å². The van der Waals surface area contributed by atoms with Crippen molar-refractivity contribution in [2.45, 2.75) is 26.4 Å². The predicted molar refractivity (Wildman–Crippen MR) is 93.9 cm³/mol. The largest absolute Gasteiger partial charge is 0.480 e. The second-order valence-electron chi connectivity index (χ2n) is 5.79. The third-order valence-electron chi connectivity index (χ3n) is 2.54. The van der Waals surface area contributed by atoms with Crippen LogP contribution in [0.4, 0.5) is 4.79 Å². The van der Waals surface area contributed by atoms with E-state index in [1.165, 1.54) is 11.2 Å². The molecule has 0 saturated carbocycles. The Morgan fingerprint density at radius 3 is 2.58 bits per heavy atom. The molecule has 1 amide bonds. The number of carbonyl (C=O) groups is 2. The number of rotatable bonds is 6. The van der Waals surface area contributed by atoms with Crippen LogP contribution < -0.4 is 21.6 Å². The lowest BCUT2D eigenvalue weighted by Gasteiger charge is -2.25. The van der Waals surface area contributed by atoms with Crippen molar-refractivity contribution in [1.82, 2.24) is 15.0 Å². The molecule has 1 aromatic rings. The van der Waals surface area contributed by atoms with Gasteiger partial charge in [-0.3, -0.25) is 19.6 Å². The number of hydrogen-bond acceptors (Lipinski definition) is 6. The van der Waals surface area contributed by atoms with Gasteiger partial charge >= 0.3 is 17.8 Å². The number of aliphatic carboxylic acids is 1. The van der Waals surface area contributed by atoms with E-state index < -0.39 is 35.5 Å². The Morgan fingerprint density at radius 1 is 1.42 bits per heavy atom. The number of aromatic amines is 1. The molecule has 0 fully saturated rings. The number of hydrogen-bond donors (Lipinski definition) is 3. The lowest BCUT2D eigenvalue weighted by Crippen LogP contribution is -2.50. The minimum atomic E-state index is -1.17. The molecule has 134 valence electrons. The maximum atomic E-state index is 11.9. The van der Waals surface area contributed by atoms with Crippen molar-refractivity contribution >= 4 is 34.7 Å². The second kappa shape index (κ2) is 8.17. The lowest BCUT2D eigenvalue weighted by atomic mass is 10.2. The number of aromatic nitrogens is 2. The summed E-state index contributed by atoms with van der Waals surface area (Å²) in [7, 11) is 0. The molecular weight excluding hydrogens is 435 g/mol. The fourth-order valence-electron chi connectivity index (χ4n) is 1.67. The van der Waals surface area contributed by atoms with Crippen LogP contribution in [0.1, 0.15) is 20.8 Å². The summed E-state index contributed by atoms with van der Waals surface area (Å²) in [6.45, 7) is 4.72. The number of carboxylic acid groups (broad SMARTS) is 1. The van der Waals surface area contributed by atoms with Crippen molar-refractivity contribution < 1.29 is 19.4 Å². The highest BCUT2D eigenvalue weighted by Gasteiger charge is 2.17. The molecule has 10 nitrogen and oxygen atoms in total. The zero-order valence-corrected chi connectivity index (χ0v) is 15.6. The molecule has 1 aromatic heterocycles. The summed E-state index contributed by atoms with van der Waals surface area (Å²) < 4.78 is 6.28. The fraction of sp³-hybridized carbons (Fsp3) is 0.538. The third kappa shape index (κ3) is 6.60. The first-order chi connectivity index (χ1) is 11.0. The number of carboxylic acids is 1. The van der Waals surface area contributed by atoms with E-state index in [0.29, 0.717) is 0 Å². The molecule has 11 heteroatoms. The Hall–Kier alpha value is -2.05. The maximum absolute atomic E-state index is 11.9. The summed E-state index contributed by atoms with van der Waals surface area (Å²) in [4.78, 5) is 47.9. The van der Waals surface area contributed by atoms with Crippen LogP contribution in [-0.4, -0.2) is 52.1 Å². The number of amides is 1. The van der Waals surface area contributed by atoms with Gasteiger partial charge in [0.05, 0.1) is 16.3 Å². The van der Waals surface area contributed by atoms with Crippen LogP contribution in [-0.2, 0) is 9.53 Å². The molecule has 0 spiro atoms. The molecule has 0 bridgehead atoms. The number of alkyl carbamates (subject to hydrolysis) is 1. The first-order valence-electron chi connectivity index (χ1n) is 6.95. The topological polar surface area (TPSA) is 134 Å². The first kappa shape index (κ1) is 20.0. The van der Waals surface area contributed by atoms with E-state index in [1.807, 2.05) is 0 Å². The normalized spacial score (nSPS) is 11.0. The quantitative estimate of drug-likeness (QED) is 0.502. The summed E-state index contributed by atoms with van der Waals surface area (Å²) in [5, 5.41) is 12.6. The van der Waals surface area contributed by atoms with Gasteiger partial charge in [-0.15, -0.1) is 0 Å². The average Bonchev–Trinajstić information content (AvgIpc) is 2.39. The van der Waals surface area contributed by atoms with Crippen molar-refractivity contribution in [1.29, 1.82) is 0 Å². The molecule has 1 heterocycles. The van der Waals surface area contributed by atoms with E-state index in [0.717, 1.165) is 4.68 Å². The lowest BCUT2D eigenvalue weighted by molar-refractivity contribution is -0.135. The molecular formula is C13H19IN4O6. The average molecular weight is 454 g/mol. The van der Waals surface area contributed by atoms with Crippen molar-refractivity contribution in [3.63, 3.8) is 0 Å². The van der Waals surface area contributed by atoms with Gasteiger partial charge in [-0.2, -0.15) is 0 Å². The van der Waals surface area contributed by atoms with E-state index in [9.17, 15) is 19.2 Å². The SMILES string of the molecule is CC(C)(C)OC(=O)NCCN(CC(=O)O)n1cc(I)c(=O)[nH]c1=O. The Bertz CT molecular complexity index is 720. The van der Waals surface area contributed by atoms with Gasteiger partial charge in [-0.1, -0.05) is 0 Å². The Kier molecular flexibility index (Phi) is 6.81. The van der Waals surface area contributed by atoms with Crippen molar-refractivity contribution in [2.75, 3.05) is 24.6 Å². The highest BCUT2D eigenvalue weighted by molar-refractivity contribution is 14.1. The third-order valence-corrected chi connectivity index (χ3v) is 3.31. The van der Waals surface area contributed by atoms with Gasteiger partial charge in [0.25, 0.3) is 5.56 Å². The van der Waals surface area contributed by atoms with Gasteiger partial charge in [-0.05, 0) is 43.4 Å². The van der Waals surface area contributed by atoms with Crippen molar-refractivity contribution in [3.05, 3.63) is 30.6 Å². The summed E-state index contributed by atoms with van der Waals surface area (Å²) in [6, 6.07) is 0. The number of nitrogens with zero attached hydrogens (tertiary/aromatic N) is 2. The zero-order chi connectivity index (χ0) is 18.5. The van der Waals surface area contributed by atoms with Gasteiger partial charge in [0.15, 0.2) is 0 Å². The number of carbonyl (C=O) groups excluding carboxylic acids is 1. The highest BCUT2D eigenvalue weighted by Crippen LogP contribution is 2.06. The van der Waals surface area contributed by atoms with Crippen LogP contribution in [0.15, 0.2) is 15.8 Å². The van der Waals surface area contributed by atoms with Gasteiger partial charge in [0.2, 0.25) is 0 Å². The van der Waals surface area contributed by atoms with E-state index in [-0.39, 0.29) is 16.7 Å². The molecule has 0 radical (unpaired) electrons. The first-order valence-corrected chi connectivity index (χ1v) is 8.03. The van der Waals surface area contributed by atoms with Gasteiger partial charge in [0, 0.05) is 6.54 Å². The standard InChI is InChI=1S/C13H19IN4O6/c1-13(2,3)24-12(23)15-4-5-17(7-9(19)20)18-6-8(14)10(21)16-11(18)22/h6H,4-5,7H2,1-3H3,(H,15,23)(H,19,20)(H,16,21,22). The molecule has 24 heavy (non-hydrogen) atoms. The van der Waals surface area contributed by atoms with Crippen LogP contribution in [0.2, 0.25) is 0 Å². The highest BCUT2D eigenvalue weighted by atomic mass is 127. The Morgan fingerprint density at radius 2 is 2.04 bits per heavy atom. The van der Waals surface area contributed by atoms with E-state index in [1.54, 1.807) is 43.4 Å². The van der Waals surface area contributed by atoms with Crippen molar-refractivity contribution in [2.24, 2.45) is 0 Å². The minimum Gasteiger partial charge on any atom is -0.480 e. The molecule has 0 aliphatic rings. The van der Waals surface area contributed by atoms with E-state index in [4.69, 9.17) is 9.84 Å². The fourth-order valence-corrected chi connectivity index (χ4v) is 2.07. The smallest absolute Gasteiger partial charge is 0.407 e. The minimum absolute atomic E-state index is 0.0214. The number of halogens is 1. The van der Waals surface area contributed by atoms with E-state index >= 15 is 0 Å². The Labute approximate surface area is 150 Å². The molecule has 3 N–H and O–H groups in total. The summed E-state index contributed by atoms with van der Waals surface area (Å²) in [5.41, 5.74) is -1.98. The van der Waals surface area contributed by atoms with Gasteiger partial charge in [-0.25, -0.2) is 14.3 Å². The molecule has 1 rings (SSSR count). The summed E-state index contributed by atoms with van der Waals surface area (Å²) in [6.07, 6.45) is 0.583. The molecule has 0 aliphatic heterocycles. The van der Waals surface area contributed by atoms with Crippen LogP contribution in [0.5, 0.6) is 0 Å². The van der Waals surface area contributed by atoms with E-state index in [2.05, 4.69) is 10.3 Å². The molecule has 0 aromatic carbocycles. The number of ether oxygens (including phenoxy) is 1. The monoisotopic (exact) mass is 454 g/mol. The summed E-state index contributed by atoms with van der Waals surface area (Å²) >= 11 is 1.73. The second-order valence-corrected chi connectivity index (χ2v) is 6.95. The van der Waals surface area contributed by atoms with Crippen LogP contribution >= 0.6 is 22.6 Å². The predicted octanol–water partition coefficient (Wildman–Crippen LogP) is -0.311. The molecule has 0 atom stereocenters. The number of H-pyrrole nitrogens is 1. The number of nitrogens with one attached hydrogen (secondary N) is 2. The summed E-state index contributed by atoms with van der Waals surface area (Å²) in [5.74, 6) is -1.17.